The normalized spacial score (nSPS) is 16.5. The van der Waals surface area contributed by atoms with Crippen molar-refractivity contribution >= 4 is 17.2 Å². The van der Waals surface area contributed by atoms with Gasteiger partial charge in [-0.1, -0.05) is 55.4 Å². The van der Waals surface area contributed by atoms with Gasteiger partial charge in [-0.05, 0) is 18.4 Å². The Morgan fingerprint density at radius 3 is 2.47 bits per heavy atom. The van der Waals surface area contributed by atoms with Crippen LogP contribution in [0, 0.1) is 0 Å². The van der Waals surface area contributed by atoms with Crippen LogP contribution in [0.1, 0.15) is 31.2 Å². The summed E-state index contributed by atoms with van der Waals surface area (Å²) < 4.78 is 0. The second-order valence-corrected chi connectivity index (χ2v) is 5.32. The molecule has 2 N–H and O–H groups in total. The molecule has 1 fully saturated rings. The minimum Gasteiger partial charge on any atom is -0.392 e. The fourth-order valence-corrected chi connectivity index (χ4v) is 2.77. The van der Waals surface area contributed by atoms with E-state index in [2.05, 4.69) is 35.2 Å². The molecule has 92 valence electrons. The van der Waals surface area contributed by atoms with Gasteiger partial charge in [0, 0.05) is 19.1 Å². The van der Waals surface area contributed by atoms with Gasteiger partial charge in [-0.2, -0.15) is 0 Å². The lowest BCUT2D eigenvalue weighted by atomic mass is 10.1. The lowest BCUT2D eigenvalue weighted by Crippen LogP contribution is -2.38. The summed E-state index contributed by atoms with van der Waals surface area (Å²) in [4.78, 5) is 3.04. The molecule has 0 heterocycles. The molecule has 1 aliphatic carbocycles. The minimum atomic E-state index is 0.604. The topological polar surface area (TPSA) is 29.3 Å². The molecule has 0 unspecified atom stereocenters. The number of nitrogens with zero attached hydrogens (tertiary/aromatic N) is 1. The van der Waals surface area contributed by atoms with E-state index < -0.39 is 0 Å². The van der Waals surface area contributed by atoms with Gasteiger partial charge in [-0.15, -0.1) is 0 Å². The maximum Gasteiger partial charge on any atom is 0.0870 e. The Balaban J connectivity index is 2.02. The van der Waals surface area contributed by atoms with Crippen molar-refractivity contribution in [1.82, 2.24) is 4.90 Å². The Morgan fingerprint density at radius 1 is 1.24 bits per heavy atom. The third kappa shape index (κ3) is 3.79. The molecule has 1 saturated carbocycles. The van der Waals surface area contributed by atoms with Crippen LogP contribution in [0.4, 0.5) is 0 Å². The molecule has 0 aromatic heterocycles. The molecule has 0 saturated heterocycles. The Kier molecular flexibility index (Phi) is 4.51. The van der Waals surface area contributed by atoms with Crippen LogP contribution in [0.2, 0.25) is 0 Å². The lowest BCUT2D eigenvalue weighted by molar-refractivity contribution is 0.219. The predicted octanol–water partition coefficient (Wildman–Crippen LogP) is 2.72. The van der Waals surface area contributed by atoms with Crippen LogP contribution in [-0.4, -0.2) is 22.5 Å². The zero-order chi connectivity index (χ0) is 12.1. The molecule has 1 aromatic rings. The first-order chi connectivity index (χ1) is 8.25. The standard InChI is InChI=1S/C14H20N2S/c15-14(17)11-16(13-8-4-5-9-13)10-12-6-2-1-3-7-12/h1-3,6-7,13H,4-5,8-11H2,(H2,15,17). The SMILES string of the molecule is NC(=S)CN(Cc1ccccc1)C1CCCC1. The third-order valence-electron chi connectivity index (χ3n) is 3.43. The van der Waals surface area contributed by atoms with E-state index in [1.54, 1.807) is 0 Å². The fourth-order valence-electron chi connectivity index (χ4n) is 2.60. The molecule has 1 aliphatic rings. The molecular formula is C14H20N2S. The first-order valence-electron chi connectivity index (χ1n) is 6.32. The maximum atomic E-state index is 5.70. The van der Waals surface area contributed by atoms with Gasteiger partial charge in [0.15, 0.2) is 0 Å². The van der Waals surface area contributed by atoms with E-state index in [0.717, 1.165) is 13.1 Å². The van der Waals surface area contributed by atoms with Crippen LogP contribution in [-0.2, 0) is 6.54 Å². The van der Waals surface area contributed by atoms with Gasteiger partial charge in [0.05, 0.1) is 4.99 Å². The molecule has 0 bridgehead atoms. The van der Waals surface area contributed by atoms with Gasteiger partial charge in [-0.3, -0.25) is 4.90 Å². The summed E-state index contributed by atoms with van der Waals surface area (Å²) in [6.07, 6.45) is 5.26. The van der Waals surface area contributed by atoms with Crippen molar-refractivity contribution in [3.8, 4) is 0 Å². The van der Waals surface area contributed by atoms with Crippen molar-refractivity contribution in [2.24, 2.45) is 5.73 Å². The van der Waals surface area contributed by atoms with Gasteiger partial charge in [-0.25, -0.2) is 0 Å². The molecule has 1 aromatic carbocycles. The zero-order valence-corrected chi connectivity index (χ0v) is 11.0. The summed E-state index contributed by atoms with van der Waals surface area (Å²) in [5.74, 6) is 0. The van der Waals surface area contributed by atoms with E-state index in [0.29, 0.717) is 11.0 Å². The minimum absolute atomic E-state index is 0.604. The number of nitrogens with two attached hydrogens (primary N) is 1. The van der Waals surface area contributed by atoms with Crippen molar-refractivity contribution < 1.29 is 0 Å². The largest absolute Gasteiger partial charge is 0.392 e. The first-order valence-corrected chi connectivity index (χ1v) is 6.73. The Labute approximate surface area is 109 Å². The smallest absolute Gasteiger partial charge is 0.0870 e. The van der Waals surface area contributed by atoms with Crippen molar-refractivity contribution in [2.45, 2.75) is 38.3 Å². The number of hydrogen-bond donors (Lipinski definition) is 1. The summed E-state index contributed by atoms with van der Waals surface area (Å²) in [5, 5.41) is 0. The number of hydrogen-bond acceptors (Lipinski definition) is 2. The molecule has 0 atom stereocenters. The summed E-state index contributed by atoms with van der Waals surface area (Å²) in [6, 6.07) is 11.2. The average molecular weight is 248 g/mol. The average Bonchev–Trinajstić information content (AvgIpc) is 2.82. The molecule has 0 aliphatic heterocycles. The molecular weight excluding hydrogens is 228 g/mol. The second kappa shape index (κ2) is 6.12. The molecule has 2 rings (SSSR count). The van der Waals surface area contributed by atoms with Gasteiger partial charge in [0.2, 0.25) is 0 Å². The summed E-state index contributed by atoms with van der Waals surface area (Å²) >= 11 is 5.06. The van der Waals surface area contributed by atoms with Gasteiger partial charge < -0.3 is 5.73 Å². The molecule has 2 nitrogen and oxygen atoms in total. The van der Waals surface area contributed by atoms with Crippen molar-refractivity contribution in [3.05, 3.63) is 35.9 Å². The van der Waals surface area contributed by atoms with Crippen LogP contribution >= 0.6 is 12.2 Å². The number of benzene rings is 1. The molecule has 0 radical (unpaired) electrons. The monoisotopic (exact) mass is 248 g/mol. The first kappa shape index (κ1) is 12.5. The van der Waals surface area contributed by atoms with Crippen LogP contribution in [0.3, 0.4) is 0 Å². The highest BCUT2D eigenvalue weighted by Crippen LogP contribution is 2.24. The second-order valence-electron chi connectivity index (χ2n) is 4.80. The van der Waals surface area contributed by atoms with E-state index in [4.69, 9.17) is 18.0 Å². The van der Waals surface area contributed by atoms with Gasteiger partial charge >= 0.3 is 0 Å². The van der Waals surface area contributed by atoms with E-state index in [-0.39, 0.29) is 0 Å². The van der Waals surface area contributed by atoms with Crippen molar-refractivity contribution in [2.75, 3.05) is 6.54 Å². The third-order valence-corrected chi connectivity index (χ3v) is 3.56. The molecule has 17 heavy (non-hydrogen) atoms. The van der Waals surface area contributed by atoms with E-state index in [9.17, 15) is 0 Å². The highest BCUT2D eigenvalue weighted by molar-refractivity contribution is 7.80. The summed E-state index contributed by atoms with van der Waals surface area (Å²) in [5.41, 5.74) is 7.05. The van der Waals surface area contributed by atoms with Crippen LogP contribution in [0.25, 0.3) is 0 Å². The summed E-state index contributed by atoms with van der Waals surface area (Å²) in [7, 11) is 0. The number of rotatable bonds is 5. The highest BCUT2D eigenvalue weighted by Gasteiger charge is 2.22. The highest BCUT2D eigenvalue weighted by atomic mass is 32.1. The molecule has 0 spiro atoms. The van der Waals surface area contributed by atoms with E-state index in [1.807, 2.05) is 0 Å². The fraction of sp³-hybridized carbons (Fsp3) is 0.500. The van der Waals surface area contributed by atoms with Crippen molar-refractivity contribution in [3.63, 3.8) is 0 Å². The molecule has 0 amide bonds. The maximum absolute atomic E-state index is 5.70. The van der Waals surface area contributed by atoms with Crippen LogP contribution in [0.5, 0.6) is 0 Å². The van der Waals surface area contributed by atoms with Crippen LogP contribution < -0.4 is 5.73 Å². The predicted molar refractivity (Wildman–Crippen MR) is 75.9 cm³/mol. The van der Waals surface area contributed by atoms with Gasteiger partial charge in [0.25, 0.3) is 0 Å². The van der Waals surface area contributed by atoms with Crippen LogP contribution in [0.15, 0.2) is 30.3 Å². The quantitative estimate of drug-likeness (QED) is 0.812. The summed E-state index contributed by atoms with van der Waals surface area (Å²) in [6.45, 7) is 1.71. The lowest BCUT2D eigenvalue weighted by Gasteiger charge is -2.28. The molecule has 3 heteroatoms. The van der Waals surface area contributed by atoms with E-state index in [1.165, 1.54) is 31.2 Å². The Morgan fingerprint density at radius 2 is 1.88 bits per heavy atom. The van der Waals surface area contributed by atoms with E-state index >= 15 is 0 Å². The zero-order valence-electron chi connectivity index (χ0n) is 10.1. The Bertz CT molecular complexity index is 358. The van der Waals surface area contributed by atoms with Crippen molar-refractivity contribution in [1.29, 1.82) is 0 Å². The number of thiocarbonyl (C=S) groups is 1. The Hall–Kier alpha value is -0.930. The van der Waals surface area contributed by atoms with Gasteiger partial charge in [0.1, 0.15) is 0 Å².